The largest absolute Gasteiger partial charge is 0.497 e. The number of methoxy groups -OCH3 is 1. The smallest absolute Gasteiger partial charge is 0.329 e. The molecule has 0 bridgehead atoms. The van der Waals surface area contributed by atoms with Gasteiger partial charge in [0.15, 0.2) is 0 Å². The molecular formula is C15H19N3O3. The molecule has 3 rings (SSSR count). The summed E-state index contributed by atoms with van der Waals surface area (Å²) in [5, 5.41) is 2.47. The quantitative estimate of drug-likeness (QED) is 0.832. The van der Waals surface area contributed by atoms with Crippen molar-refractivity contribution < 1.29 is 14.3 Å². The average molecular weight is 289 g/mol. The third-order valence-corrected chi connectivity index (χ3v) is 4.40. The van der Waals surface area contributed by atoms with Crippen molar-refractivity contribution in [2.24, 2.45) is 0 Å². The zero-order valence-electron chi connectivity index (χ0n) is 12.3. The Labute approximate surface area is 123 Å². The number of amides is 3. The van der Waals surface area contributed by atoms with Crippen molar-refractivity contribution in [1.82, 2.24) is 10.2 Å². The number of anilines is 1. The molecule has 6 heteroatoms. The molecule has 2 fully saturated rings. The van der Waals surface area contributed by atoms with Gasteiger partial charge in [0.05, 0.1) is 12.8 Å². The molecular weight excluding hydrogens is 270 g/mol. The second-order valence-corrected chi connectivity index (χ2v) is 5.63. The first-order chi connectivity index (χ1) is 10.1. The number of rotatable bonds is 2. The van der Waals surface area contributed by atoms with Gasteiger partial charge in [-0.25, -0.2) is 4.79 Å². The van der Waals surface area contributed by atoms with E-state index in [1.54, 1.807) is 18.1 Å². The van der Waals surface area contributed by atoms with Crippen LogP contribution in [0.3, 0.4) is 0 Å². The Morgan fingerprint density at radius 3 is 2.62 bits per heavy atom. The number of nitrogens with zero attached hydrogens (tertiary/aromatic N) is 2. The van der Waals surface area contributed by atoms with Crippen LogP contribution in [0.15, 0.2) is 24.3 Å². The van der Waals surface area contributed by atoms with Crippen LogP contribution in [0.2, 0.25) is 0 Å². The summed E-state index contributed by atoms with van der Waals surface area (Å²) in [6.45, 7) is 1.59. The Hall–Kier alpha value is -2.08. The van der Waals surface area contributed by atoms with E-state index in [1.807, 2.05) is 25.2 Å². The van der Waals surface area contributed by atoms with Crippen LogP contribution in [0.4, 0.5) is 10.5 Å². The van der Waals surface area contributed by atoms with Crippen molar-refractivity contribution in [2.75, 3.05) is 32.1 Å². The highest BCUT2D eigenvalue weighted by Crippen LogP contribution is 2.37. The number of hydrogen-bond donors (Lipinski definition) is 1. The van der Waals surface area contributed by atoms with Crippen molar-refractivity contribution in [3.63, 3.8) is 0 Å². The monoisotopic (exact) mass is 289 g/mol. The van der Waals surface area contributed by atoms with E-state index in [-0.39, 0.29) is 11.9 Å². The fourth-order valence-electron chi connectivity index (χ4n) is 3.12. The van der Waals surface area contributed by atoms with Gasteiger partial charge in [0.2, 0.25) is 0 Å². The SMILES string of the molecule is COc1cccc(N2C(=O)NC(=O)C23CCN(C)CC3)c1. The maximum Gasteiger partial charge on any atom is 0.329 e. The van der Waals surface area contributed by atoms with E-state index in [4.69, 9.17) is 4.74 Å². The van der Waals surface area contributed by atoms with Crippen LogP contribution in [-0.2, 0) is 4.79 Å². The van der Waals surface area contributed by atoms with Crippen LogP contribution in [0.25, 0.3) is 0 Å². The molecule has 2 saturated heterocycles. The summed E-state index contributed by atoms with van der Waals surface area (Å²) in [5.74, 6) is 0.478. The third kappa shape index (κ3) is 2.15. The second-order valence-electron chi connectivity index (χ2n) is 5.63. The molecule has 112 valence electrons. The predicted molar refractivity (Wildman–Crippen MR) is 78.5 cm³/mol. The van der Waals surface area contributed by atoms with Crippen LogP contribution in [-0.4, -0.2) is 49.6 Å². The van der Waals surface area contributed by atoms with Crippen molar-refractivity contribution in [3.8, 4) is 5.75 Å². The summed E-state index contributed by atoms with van der Waals surface area (Å²) in [7, 11) is 3.61. The van der Waals surface area contributed by atoms with Gasteiger partial charge in [-0.1, -0.05) is 6.07 Å². The second kappa shape index (κ2) is 5.04. The first-order valence-electron chi connectivity index (χ1n) is 7.05. The summed E-state index contributed by atoms with van der Waals surface area (Å²) in [4.78, 5) is 28.4. The Kier molecular flexibility index (Phi) is 3.33. The van der Waals surface area contributed by atoms with E-state index in [0.717, 1.165) is 13.1 Å². The molecule has 0 aliphatic carbocycles. The molecule has 2 aliphatic rings. The molecule has 1 aromatic carbocycles. The minimum absolute atomic E-state index is 0.191. The maximum absolute atomic E-state index is 12.4. The average Bonchev–Trinajstić information content (AvgIpc) is 2.73. The Bertz CT molecular complexity index is 579. The number of piperidine rings is 1. The third-order valence-electron chi connectivity index (χ3n) is 4.40. The van der Waals surface area contributed by atoms with Crippen LogP contribution in [0.5, 0.6) is 5.75 Å². The molecule has 0 saturated carbocycles. The van der Waals surface area contributed by atoms with Crippen LogP contribution >= 0.6 is 0 Å². The summed E-state index contributed by atoms with van der Waals surface area (Å²) in [5.41, 5.74) is -0.0714. The molecule has 1 aromatic rings. The van der Waals surface area contributed by atoms with Gasteiger partial charge in [-0.05, 0) is 32.0 Å². The van der Waals surface area contributed by atoms with E-state index < -0.39 is 5.54 Å². The number of carbonyl (C=O) groups excluding carboxylic acids is 2. The number of nitrogens with one attached hydrogen (secondary N) is 1. The van der Waals surface area contributed by atoms with Gasteiger partial charge in [0.1, 0.15) is 11.3 Å². The van der Waals surface area contributed by atoms with Crippen molar-refractivity contribution >= 4 is 17.6 Å². The van der Waals surface area contributed by atoms with Gasteiger partial charge in [-0.15, -0.1) is 0 Å². The molecule has 6 nitrogen and oxygen atoms in total. The summed E-state index contributed by atoms with van der Waals surface area (Å²) < 4.78 is 5.22. The zero-order chi connectivity index (χ0) is 15.0. The number of imide groups is 1. The molecule has 3 amide bonds. The van der Waals surface area contributed by atoms with Crippen LogP contribution < -0.4 is 15.0 Å². The van der Waals surface area contributed by atoms with Crippen molar-refractivity contribution in [1.29, 1.82) is 0 Å². The normalized spacial score (nSPS) is 21.7. The fourth-order valence-corrected chi connectivity index (χ4v) is 3.12. The lowest BCUT2D eigenvalue weighted by Gasteiger charge is -2.41. The topological polar surface area (TPSA) is 61.9 Å². The van der Waals surface area contributed by atoms with Gasteiger partial charge in [0.25, 0.3) is 5.91 Å². The van der Waals surface area contributed by atoms with Gasteiger partial charge < -0.3 is 9.64 Å². The van der Waals surface area contributed by atoms with Gasteiger partial charge in [-0.2, -0.15) is 0 Å². The first kappa shape index (κ1) is 13.9. The van der Waals surface area contributed by atoms with Gasteiger partial charge >= 0.3 is 6.03 Å². The van der Waals surface area contributed by atoms with Crippen molar-refractivity contribution in [3.05, 3.63) is 24.3 Å². The number of hydrogen-bond acceptors (Lipinski definition) is 4. The molecule has 0 aromatic heterocycles. The van der Waals surface area contributed by atoms with Crippen LogP contribution in [0, 0.1) is 0 Å². The van der Waals surface area contributed by atoms with E-state index in [9.17, 15) is 9.59 Å². The van der Waals surface area contributed by atoms with Gasteiger partial charge in [-0.3, -0.25) is 15.0 Å². The molecule has 2 heterocycles. The first-order valence-corrected chi connectivity index (χ1v) is 7.05. The standard InChI is InChI=1S/C15H19N3O3/c1-17-8-6-15(7-9-17)13(19)16-14(20)18(15)11-4-3-5-12(10-11)21-2/h3-5,10H,6-9H2,1-2H3,(H,16,19,20). The molecule has 0 unspecified atom stereocenters. The van der Waals surface area contributed by atoms with E-state index in [2.05, 4.69) is 10.2 Å². The minimum atomic E-state index is -0.768. The molecule has 2 aliphatic heterocycles. The number of benzene rings is 1. The molecule has 1 N–H and O–H groups in total. The van der Waals surface area contributed by atoms with E-state index >= 15 is 0 Å². The van der Waals surface area contributed by atoms with Crippen LogP contribution in [0.1, 0.15) is 12.8 Å². The Balaban J connectivity index is 2.01. The molecule has 21 heavy (non-hydrogen) atoms. The van der Waals surface area contributed by atoms with E-state index in [1.165, 1.54) is 0 Å². The molecule has 0 atom stereocenters. The highest BCUT2D eigenvalue weighted by Gasteiger charge is 2.54. The number of likely N-dealkylation sites (tertiary alicyclic amines) is 1. The summed E-state index contributed by atoms with van der Waals surface area (Å²) in [6.07, 6.45) is 1.27. The highest BCUT2D eigenvalue weighted by atomic mass is 16.5. The maximum atomic E-state index is 12.4. The number of ether oxygens (including phenoxy) is 1. The number of urea groups is 1. The number of carbonyl (C=O) groups is 2. The van der Waals surface area contributed by atoms with Crippen molar-refractivity contribution in [2.45, 2.75) is 18.4 Å². The minimum Gasteiger partial charge on any atom is -0.497 e. The fraction of sp³-hybridized carbons (Fsp3) is 0.467. The lowest BCUT2D eigenvalue weighted by atomic mass is 9.86. The van der Waals surface area contributed by atoms with E-state index in [0.29, 0.717) is 24.3 Å². The Morgan fingerprint density at radius 1 is 1.24 bits per heavy atom. The molecule has 1 spiro atoms. The van der Waals surface area contributed by atoms with Gasteiger partial charge in [0, 0.05) is 19.2 Å². The molecule has 0 radical (unpaired) electrons. The summed E-state index contributed by atoms with van der Waals surface area (Å²) in [6, 6.07) is 6.92. The Morgan fingerprint density at radius 2 is 1.95 bits per heavy atom. The lowest BCUT2D eigenvalue weighted by molar-refractivity contribution is -0.124. The lowest BCUT2D eigenvalue weighted by Crippen LogP contribution is -2.56. The predicted octanol–water partition coefficient (Wildman–Crippen LogP) is 1.22. The summed E-state index contributed by atoms with van der Waals surface area (Å²) >= 11 is 0. The highest BCUT2D eigenvalue weighted by molar-refractivity contribution is 6.17. The zero-order valence-corrected chi connectivity index (χ0v) is 12.3.